The molecule has 3 aromatic carbocycles. The Kier molecular flexibility index (Phi) is 6.22. The lowest BCUT2D eigenvalue weighted by Crippen LogP contribution is -2.26. The van der Waals surface area contributed by atoms with E-state index in [1.165, 1.54) is 18.2 Å². The van der Waals surface area contributed by atoms with Crippen molar-refractivity contribution in [2.24, 2.45) is 0 Å². The average Bonchev–Trinajstić information content (AvgIpc) is 2.74. The van der Waals surface area contributed by atoms with Crippen molar-refractivity contribution < 1.29 is 14.5 Å². The number of aryl methyl sites for hydroxylation is 1. The molecule has 0 radical (unpaired) electrons. The summed E-state index contributed by atoms with van der Waals surface area (Å²) in [7, 11) is 0. The molecule has 3 aromatic rings. The molecule has 0 aromatic heterocycles. The van der Waals surface area contributed by atoms with Gasteiger partial charge in [-0.2, -0.15) is 0 Å². The van der Waals surface area contributed by atoms with Gasteiger partial charge in [0, 0.05) is 28.4 Å². The normalized spacial score (nSPS) is 11.4. The minimum absolute atomic E-state index is 0.0264. The largest absolute Gasteiger partial charge is 0.346 e. The molecule has 2 amide bonds. The highest BCUT2D eigenvalue weighted by molar-refractivity contribution is 6.04. The van der Waals surface area contributed by atoms with Crippen LogP contribution >= 0.6 is 0 Å². The Hall–Kier alpha value is -4.00. The summed E-state index contributed by atoms with van der Waals surface area (Å²) in [6.45, 7) is 3.42. The Morgan fingerprint density at radius 3 is 2.30 bits per heavy atom. The minimum atomic E-state index is -0.477. The zero-order valence-electron chi connectivity index (χ0n) is 16.6. The maximum atomic E-state index is 12.6. The molecule has 0 aliphatic carbocycles. The third kappa shape index (κ3) is 4.88. The van der Waals surface area contributed by atoms with Gasteiger partial charge in [-0.25, -0.2) is 0 Å². The molecule has 0 unspecified atom stereocenters. The van der Waals surface area contributed by atoms with Gasteiger partial charge in [-0.15, -0.1) is 0 Å². The molecule has 0 saturated heterocycles. The van der Waals surface area contributed by atoms with E-state index in [1.54, 1.807) is 49.4 Å². The van der Waals surface area contributed by atoms with Gasteiger partial charge in [-0.3, -0.25) is 19.7 Å². The Bertz CT molecular complexity index is 1100. The van der Waals surface area contributed by atoms with Gasteiger partial charge in [-0.1, -0.05) is 30.3 Å². The van der Waals surface area contributed by atoms with Gasteiger partial charge >= 0.3 is 0 Å². The Balaban J connectivity index is 1.70. The summed E-state index contributed by atoms with van der Waals surface area (Å²) in [5.41, 5.74) is 2.73. The average molecular weight is 403 g/mol. The fourth-order valence-corrected chi connectivity index (χ4v) is 3.04. The van der Waals surface area contributed by atoms with Crippen molar-refractivity contribution in [2.75, 3.05) is 5.32 Å². The van der Waals surface area contributed by atoms with Crippen LogP contribution in [0.15, 0.2) is 72.8 Å². The first-order chi connectivity index (χ1) is 14.3. The maximum absolute atomic E-state index is 12.6. The summed E-state index contributed by atoms with van der Waals surface area (Å²) in [5.74, 6) is -0.551. The molecule has 0 fully saturated rings. The summed E-state index contributed by atoms with van der Waals surface area (Å²) in [5, 5.41) is 16.7. The van der Waals surface area contributed by atoms with Crippen LogP contribution in [-0.2, 0) is 0 Å². The monoisotopic (exact) mass is 403 g/mol. The number of carbonyl (C=O) groups is 2. The Morgan fingerprint density at radius 1 is 0.900 bits per heavy atom. The van der Waals surface area contributed by atoms with Crippen LogP contribution in [0, 0.1) is 17.0 Å². The predicted molar refractivity (Wildman–Crippen MR) is 115 cm³/mol. The lowest BCUT2D eigenvalue weighted by molar-refractivity contribution is -0.385. The van der Waals surface area contributed by atoms with Gasteiger partial charge in [-0.05, 0) is 55.8 Å². The summed E-state index contributed by atoms with van der Waals surface area (Å²) in [6.07, 6.45) is 0. The molecule has 0 aliphatic rings. The lowest BCUT2D eigenvalue weighted by atomic mass is 10.1. The van der Waals surface area contributed by atoms with Crippen LogP contribution in [0.2, 0.25) is 0 Å². The molecule has 0 bridgehead atoms. The second-order valence-corrected chi connectivity index (χ2v) is 6.90. The van der Waals surface area contributed by atoms with E-state index < -0.39 is 4.92 Å². The molecular weight excluding hydrogens is 382 g/mol. The summed E-state index contributed by atoms with van der Waals surface area (Å²) < 4.78 is 0. The number of carbonyl (C=O) groups excluding carboxylic acids is 2. The van der Waals surface area contributed by atoms with E-state index >= 15 is 0 Å². The zero-order valence-corrected chi connectivity index (χ0v) is 16.6. The molecule has 152 valence electrons. The van der Waals surface area contributed by atoms with Crippen molar-refractivity contribution in [3.8, 4) is 0 Å². The standard InChI is InChI=1S/C23H21N3O4/c1-15-13-19(11-12-21(15)26(29)30)23(28)24-16(2)18-9-6-10-20(14-18)25-22(27)17-7-4-3-5-8-17/h3-14,16H,1-2H3,(H,24,28)(H,25,27)/t16-/m1/s1. The molecule has 0 aliphatic heterocycles. The van der Waals surface area contributed by atoms with Crippen LogP contribution in [0.1, 0.15) is 44.8 Å². The van der Waals surface area contributed by atoms with E-state index in [0.717, 1.165) is 5.56 Å². The van der Waals surface area contributed by atoms with Crippen molar-refractivity contribution in [1.82, 2.24) is 5.32 Å². The van der Waals surface area contributed by atoms with Gasteiger partial charge in [0.15, 0.2) is 0 Å². The van der Waals surface area contributed by atoms with Gasteiger partial charge in [0.05, 0.1) is 11.0 Å². The van der Waals surface area contributed by atoms with Crippen LogP contribution in [0.5, 0.6) is 0 Å². The van der Waals surface area contributed by atoms with Crippen LogP contribution < -0.4 is 10.6 Å². The Labute approximate surface area is 173 Å². The molecule has 30 heavy (non-hydrogen) atoms. The van der Waals surface area contributed by atoms with Crippen LogP contribution in [0.3, 0.4) is 0 Å². The first-order valence-corrected chi connectivity index (χ1v) is 9.37. The fourth-order valence-electron chi connectivity index (χ4n) is 3.04. The van der Waals surface area contributed by atoms with Gasteiger partial charge in [0.2, 0.25) is 0 Å². The number of hydrogen-bond acceptors (Lipinski definition) is 4. The molecule has 7 heteroatoms. The molecule has 0 saturated carbocycles. The van der Waals surface area contributed by atoms with Crippen molar-refractivity contribution in [2.45, 2.75) is 19.9 Å². The molecule has 1 atom stereocenters. The number of nitro groups is 1. The van der Waals surface area contributed by atoms with Crippen LogP contribution in [0.4, 0.5) is 11.4 Å². The summed E-state index contributed by atoms with van der Waals surface area (Å²) in [4.78, 5) is 35.4. The topological polar surface area (TPSA) is 101 Å². The zero-order chi connectivity index (χ0) is 21.7. The van der Waals surface area contributed by atoms with Crippen LogP contribution in [0.25, 0.3) is 0 Å². The number of nitrogens with zero attached hydrogens (tertiary/aromatic N) is 1. The van der Waals surface area contributed by atoms with Gasteiger partial charge in [0.1, 0.15) is 0 Å². The highest BCUT2D eigenvalue weighted by Gasteiger charge is 2.16. The number of rotatable bonds is 6. The first-order valence-electron chi connectivity index (χ1n) is 9.37. The summed E-state index contributed by atoms with van der Waals surface area (Å²) in [6, 6.07) is 20.0. The van der Waals surface area contributed by atoms with E-state index in [4.69, 9.17) is 0 Å². The molecule has 3 rings (SSSR count). The quantitative estimate of drug-likeness (QED) is 0.462. The smallest absolute Gasteiger partial charge is 0.272 e. The molecule has 7 nitrogen and oxygen atoms in total. The molecule has 2 N–H and O–H groups in total. The predicted octanol–water partition coefficient (Wildman–Crippen LogP) is 4.65. The van der Waals surface area contributed by atoms with Crippen molar-refractivity contribution in [3.05, 3.63) is 105 Å². The van der Waals surface area contributed by atoms with Gasteiger partial charge in [0.25, 0.3) is 17.5 Å². The number of amides is 2. The SMILES string of the molecule is Cc1cc(C(=O)N[C@H](C)c2cccc(NC(=O)c3ccccc3)c2)ccc1[N+](=O)[O-]. The number of hydrogen-bond donors (Lipinski definition) is 2. The van der Waals surface area contributed by atoms with Crippen LogP contribution in [-0.4, -0.2) is 16.7 Å². The van der Waals surface area contributed by atoms with E-state index in [-0.39, 0.29) is 23.5 Å². The lowest BCUT2D eigenvalue weighted by Gasteiger charge is -2.16. The van der Waals surface area contributed by atoms with Gasteiger partial charge < -0.3 is 10.6 Å². The van der Waals surface area contributed by atoms with E-state index in [0.29, 0.717) is 22.4 Å². The van der Waals surface area contributed by atoms with Crippen molar-refractivity contribution in [1.29, 1.82) is 0 Å². The second kappa shape index (κ2) is 9.00. The number of benzene rings is 3. The number of nitrogens with one attached hydrogen (secondary N) is 2. The molecule has 0 spiro atoms. The van der Waals surface area contributed by atoms with E-state index in [2.05, 4.69) is 10.6 Å². The highest BCUT2D eigenvalue weighted by Crippen LogP contribution is 2.21. The second-order valence-electron chi connectivity index (χ2n) is 6.90. The number of anilines is 1. The first kappa shape index (κ1) is 20.7. The molecular formula is C23H21N3O4. The highest BCUT2D eigenvalue weighted by atomic mass is 16.6. The third-order valence-electron chi connectivity index (χ3n) is 4.68. The Morgan fingerprint density at radius 2 is 1.63 bits per heavy atom. The van der Waals surface area contributed by atoms with E-state index in [1.807, 2.05) is 19.1 Å². The number of nitro benzene ring substituents is 1. The minimum Gasteiger partial charge on any atom is -0.346 e. The van der Waals surface area contributed by atoms with Crippen molar-refractivity contribution in [3.63, 3.8) is 0 Å². The van der Waals surface area contributed by atoms with E-state index in [9.17, 15) is 19.7 Å². The fraction of sp³-hybridized carbons (Fsp3) is 0.130. The maximum Gasteiger partial charge on any atom is 0.272 e. The third-order valence-corrected chi connectivity index (χ3v) is 4.68. The van der Waals surface area contributed by atoms with Crippen molar-refractivity contribution >= 4 is 23.2 Å². The summed E-state index contributed by atoms with van der Waals surface area (Å²) >= 11 is 0. The molecule has 0 heterocycles.